The van der Waals surface area contributed by atoms with Gasteiger partial charge in [0.1, 0.15) is 17.2 Å². The van der Waals surface area contributed by atoms with Crippen LogP contribution in [0.1, 0.15) is 63.0 Å². The van der Waals surface area contributed by atoms with E-state index in [0.29, 0.717) is 26.3 Å². The summed E-state index contributed by atoms with van der Waals surface area (Å²) in [7, 11) is 1.43. The van der Waals surface area contributed by atoms with Gasteiger partial charge in [0.2, 0.25) is 0 Å². The summed E-state index contributed by atoms with van der Waals surface area (Å²) in [6.45, 7) is 12.9. The number of hydrogen-bond acceptors (Lipinski definition) is 14. The maximum atomic E-state index is 14.3. The van der Waals surface area contributed by atoms with Crippen molar-refractivity contribution in [3.63, 3.8) is 0 Å². The first-order valence-electron chi connectivity index (χ1n) is 18.4. The lowest BCUT2D eigenvalue weighted by molar-refractivity contribution is -0.112. The summed E-state index contributed by atoms with van der Waals surface area (Å²) in [6.07, 6.45) is 4.70. The van der Waals surface area contributed by atoms with Gasteiger partial charge in [0, 0.05) is 54.2 Å². The number of aliphatic hydroxyl groups is 3. The number of ketones is 1. The molecule has 0 saturated carbocycles. The van der Waals surface area contributed by atoms with Gasteiger partial charge in [-0.25, -0.2) is 0 Å². The van der Waals surface area contributed by atoms with Crippen molar-refractivity contribution < 1.29 is 59.2 Å². The minimum Gasteiger partial charge on any atom is -0.507 e. The highest BCUT2D eigenvalue weighted by Gasteiger charge is 2.50. The van der Waals surface area contributed by atoms with Crippen molar-refractivity contribution in [2.24, 2.45) is 28.8 Å². The van der Waals surface area contributed by atoms with E-state index in [2.05, 4.69) is 10.4 Å². The second kappa shape index (κ2) is 16.6. The number of allylic oxidation sites excluding steroid dienone is 2. The number of aromatic hydroxyl groups is 3. The molecule has 9 atom stereocenters. The summed E-state index contributed by atoms with van der Waals surface area (Å²) in [4.78, 5) is 27.9. The maximum absolute atomic E-state index is 14.3. The first kappa shape index (κ1) is 41.5. The van der Waals surface area contributed by atoms with Crippen LogP contribution in [0.3, 0.4) is 0 Å². The third kappa shape index (κ3) is 7.89. The first-order valence-corrected chi connectivity index (χ1v) is 18.4. The van der Waals surface area contributed by atoms with Crippen LogP contribution in [0.4, 0.5) is 5.69 Å². The van der Waals surface area contributed by atoms with E-state index in [1.54, 1.807) is 44.9 Å². The summed E-state index contributed by atoms with van der Waals surface area (Å²) in [5, 5.41) is 77.2. The van der Waals surface area contributed by atoms with Gasteiger partial charge in [-0.05, 0) is 19.9 Å². The number of morpholine rings is 1. The predicted molar refractivity (Wildman–Crippen MR) is 204 cm³/mol. The van der Waals surface area contributed by atoms with Crippen molar-refractivity contribution in [2.45, 2.75) is 78.7 Å². The topological polar surface area (TPSA) is 220 Å². The molecule has 1 amide bonds. The number of aliphatic hydroxyl groups excluding tert-OH is 3. The molecular weight excluding hydrogens is 714 g/mol. The number of phenolic OH excluding ortho intramolecular Hbond substituents is 3. The summed E-state index contributed by atoms with van der Waals surface area (Å²) in [5.74, 6) is -7.68. The van der Waals surface area contributed by atoms with E-state index in [9.17, 15) is 40.2 Å². The van der Waals surface area contributed by atoms with Crippen LogP contribution in [0.5, 0.6) is 23.0 Å². The largest absolute Gasteiger partial charge is 0.507 e. The summed E-state index contributed by atoms with van der Waals surface area (Å²) < 4.78 is 23.0. The molecule has 0 spiro atoms. The zero-order valence-corrected chi connectivity index (χ0v) is 32.4. The average molecular weight is 768 g/mol. The van der Waals surface area contributed by atoms with Gasteiger partial charge in [-0.3, -0.25) is 14.6 Å². The third-order valence-electron chi connectivity index (χ3n) is 11.1. The number of hydrogen-bond donors (Lipinski definition) is 7. The number of fused-ring (bicyclic) bond motifs is 14. The van der Waals surface area contributed by atoms with Crippen LogP contribution < -0.4 is 10.1 Å². The second-order valence-corrected chi connectivity index (χ2v) is 14.8. The fourth-order valence-electron chi connectivity index (χ4n) is 7.29. The third-order valence-corrected chi connectivity index (χ3v) is 11.1. The fraction of sp³-hybridized carbons (Fsp3) is 0.525. The number of phenols is 3. The molecule has 55 heavy (non-hydrogen) atoms. The number of carbonyl (C=O) groups excluding carboxylic acids is 2. The number of hydrazone groups is 1. The molecule has 7 N–H and O–H groups in total. The SMILES string of the molecule is CO[C@H]1/C=C/O[C@@]2(C)Oc3c(C)c(O)c4c(O)c(c(/C=N/N5CCOCC5)c(O)c4c3C2=O)NC(=O)/C(C)=C/C=C/[C@H](C)[C@H](O)[C@@H](C)[C@@H](O)[C@@H](C)[C@H](O)[C@@H]1C. The Morgan fingerprint density at radius 3 is 2.20 bits per heavy atom. The summed E-state index contributed by atoms with van der Waals surface area (Å²) in [5.41, 5.74) is -0.366. The summed E-state index contributed by atoms with van der Waals surface area (Å²) >= 11 is 0. The van der Waals surface area contributed by atoms with Crippen molar-refractivity contribution in [3.8, 4) is 23.0 Å². The number of ether oxygens (including phenoxy) is 4. The van der Waals surface area contributed by atoms with E-state index in [-0.39, 0.29) is 44.5 Å². The highest BCUT2D eigenvalue weighted by Crippen LogP contribution is 2.55. The Morgan fingerprint density at radius 1 is 0.909 bits per heavy atom. The smallest absolute Gasteiger partial charge is 0.312 e. The van der Waals surface area contributed by atoms with Crippen molar-refractivity contribution in [1.82, 2.24) is 5.01 Å². The second-order valence-electron chi connectivity index (χ2n) is 14.8. The van der Waals surface area contributed by atoms with Gasteiger partial charge in [0.05, 0.1) is 85.4 Å². The number of carbonyl (C=O) groups is 2. The number of Topliss-reactive ketones (excluding diaryl/α,β-unsaturated/α-hetero) is 1. The number of nitrogens with one attached hydrogen (secondary N) is 1. The molecule has 4 aliphatic rings. The lowest BCUT2D eigenvalue weighted by Gasteiger charge is -2.36. The molecule has 0 aliphatic carbocycles. The predicted octanol–water partition coefficient (Wildman–Crippen LogP) is 3.85. The molecule has 2 aromatic carbocycles. The highest BCUT2D eigenvalue weighted by atomic mass is 16.7. The van der Waals surface area contributed by atoms with Crippen LogP contribution in [-0.2, 0) is 19.0 Å². The molecule has 15 nitrogen and oxygen atoms in total. The number of nitrogens with zero attached hydrogens (tertiary/aromatic N) is 2. The van der Waals surface area contributed by atoms with Gasteiger partial charge in [-0.2, -0.15) is 5.10 Å². The minimum atomic E-state index is -2.02. The molecule has 300 valence electrons. The molecule has 2 aromatic rings. The van der Waals surface area contributed by atoms with E-state index < -0.39 is 82.8 Å². The van der Waals surface area contributed by atoms with E-state index >= 15 is 0 Å². The minimum absolute atomic E-state index is 0.0604. The first-order chi connectivity index (χ1) is 25.9. The highest BCUT2D eigenvalue weighted by molar-refractivity contribution is 6.23. The van der Waals surface area contributed by atoms with Crippen LogP contribution in [0.25, 0.3) is 10.8 Å². The molecule has 1 fully saturated rings. The van der Waals surface area contributed by atoms with Gasteiger partial charge in [-0.15, -0.1) is 0 Å². The van der Waals surface area contributed by atoms with E-state index in [1.807, 2.05) is 0 Å². The molecular formula is C40H53N3O12. The molecule has 6 rings (SSSR count). The number of benzene rings is 2. The van der Waals surface area contributed by atoms with Crippen LogP contribution in [-0.4, -0.2) is 117 Å². The molecule has 4 heterocycles. The number of methoxy groups -OCH3 is 1. The molecule has 0 aromatic heterocycles. The number of rotatable bonds is 3. The number of amides is 1. The van der Waals surface area contributed by atoms with Crippen molar-refractivity contribution >= 4 is 34.4 Å². The maximum Gasteiger partial charge on any atom is 0.312 e. The van der Waals surface area contributed by atoms with Crippen LogP contribution in [0, 0.1) is 30.6 Å². The van der Waals surface area contributed by atoms with Gasteiger partial charge < -0.3 is 54.9 Å². The molecule has 15 heteroatoms. The Labute approximate surface area is 320 Å². The summed E-state index contributed by atoms with van der Waals surface area (Å²) in [6, 6.07) is 0. The quantitative estimate of drug-likeness (QED) is 0.134. The van der Waals surface area contributed by atoms with Crippen molar-refractivity contribution in [1.29, 1.82) is 0 Å². The Morgan fingerprint density at radius 2 is 1.55 bits per heavy atom. The molecule has 5 bridgehead atoms. The molecule has 0 unspecified atom stereocenters. The van der Waals surface area contributed by atoms with E-state index in [4.69, 9.17) is 18.9 Å². The Bertz CT molecular complexity index is 1920. The van der Waals surface area contributed by atoms with E-state index in [0.717, 1.165) is 0 Å². The van der Waals surface area contributed by atoms with Gasteiger partial charge in [-0.1, -0.05) is 45.9 Å². The lowest BCUT2D eigenvalue weighted by atomic mass is 9.78. The van der Waals surface area contributed by atoms with Crippen molar-refractivity contribution in [3.05, 3.63) is 52.8 Å². The van der Waals surface area contributed by atoms with Gasteiger partial charge in [0.15, 0.2) is 5.75 Å². The Kier molecular flexibility index (Phi) is 12.5. The van der Waals surface area contributed by atoms with Gasteiger partial charge >= 0.3 is 5.79 Å². The van der Waals surface area contributed by atoms with Crippen LogP contribution in [0.15, 0.2) is 41.2 Å². The zero-order valence-electron chi connectivity index (χ0n) is 32.4. The lowest BCUT2D eigenvalue weighted by Crippen LogP contribution is -2.44. The average Bonchev–Trinajstić information content (AvgIpc) is 3.44. The number of anilines is 1. The fourth-order valence-corrected chi connectivity index (χ4v) is 7.29. The standard InChI is InChI=1S/C40H53N3O12/c1-19-10-9-11-20(2)39(51)42-30-25(18-41-43-13-16-53-17-14-43)35(48)27-28(36(30)49)34(47)24(6)37-29(27)38(50)40(7,55-37)54-15-12-26(52-8)21(3)32(45)23(5)33(46)22(4)31(19)44/h9-12,15,18-19,21-23,26,31-33,44-49H,13-14,16-17H2,1-8H3,(H,42,51)/b10-9+,15-12+,20-11+,41-18+/t19-,21+,22+,23-,26-,31-,32+,33+,40-/m0/s1. The van der Waals surface area contributed by atoms with E-state index in [1.165, 1.54) is 52.5 Å². The Hall–Kier alpha value is -4.67. The van der Waals surface area contributed by atoms with Gasteiger partial charge in [0.25, 0.3) is 11.7 Å². The molecule has 4 aliphatic heterocycles. The normalized spacial score (nSPS) is 33.3. The monoisotopic (exact) mass is 767 g/mol. The Balaban J connectivity index is 1.70. The van der Waals surface area contributed by atoms with Crippen LogP contribution in [0.2, 0.25) is 0 Å². The van der Waals surface area contributed by atoms with Crippen LogP contribution >= 0.6 is 0 Å². The molecule has 1 saturated heterocycles. The zero-order chi connectivity index (χ0) is 40.5. The van der Waals surface area contributed by atoms with Crippen molar-refractivity contribution in [2.75, 3.05) is 38.7 Å². The molecule has 0 radical (unpaired) electrons.